The molecule has 0 bridgehead atoms. The summed E-state index contributed by atoms with van der Waals surface area (Å²) in [4.78, 5) is 40.0. The van der Waals surface area contributed by atoms with E-state index in [4.69, 9.17) is 4.74 Å². The standard InChI is InChI=1S/C20H18FN3O4/c21-16-6-5-13(23-7-9-28-10-8-23)11-17(16)22-18(25)12-24-19(26)14-3-1-2-4-15(14)20(24)27/h1-6,11H,7-10,12H2,(H,22,25). The van der Waals surface area contributed by atoms with Gasteiger partial charge in [-0.15, -0.1) is 0 Å². The van der Waals surface area contributed by atoms with Crippen LogP contribution >= 0.6 is 0 Å². The Labute approximate surface area is 160 Å². The molecule has 0 unspecified atom stereocenters. The number of imide groups is 1. The fourth-order valence-electron chi connectivity index (χ4n) is 3.34. The summed E-state index contributed by atoms with van der Waals surface area (Å²) < 4.78 is 19.5. The average Bonchev–Trinajstić information content (AvgIpc) is 2.95. The molecule has 2 aliphatic rings. The van der Waals surface area contributed by atoms with Crippen LogP contribution in [0.2, 0.25) is 0 Å². The highest BCUT2D eigenvalue weighted by Gasteiger charge is 2.36. The van der Waals surface area contributed by atoms with E-state index < -0.39 is 30.1 Å². The molecule has 144 valence electrons. The number of hydrogen-bond acceptors (Lipinski definition) is 5. The second kappa shape index (κ2) is 7.40. The average molecular weight is 383 g/mol. The summed E-state index contributed by atoms with van der Waals surface area (Å²) in [5, 5.41) is 2.47. The summed E-state index contributed by atoms with van der Waals surface area (Å²) in [6.07, 6.45) is 0. The Hall–Kier alpha value is -3.26. The SMILES string of the molecule is O=C(CN1C(=O)c2ccccc2C1=O)Nc1cc(N2CCOCC2)ccc1F. The van der Waals surface area contributed by atoms with Crippen LogP contribution in [-0.2, 0) is 9.53 Å². The third-order valence-electron chi connectivity index (χ3n) is 4.78. The van der Waals surface area contributed by atoms with Gasteiger partial charge in [0.2, 0.25) is 5.91 Å². The molecule has 28 heavy (non-hydrogen) atoms. The number of carbonyl (C=O) groups is 3. The lowest BCUT2D eigenvalue weighted by molar-refractivity contribution is -0.116. The molecule has 2 aromatic rings. The molecule has 1 saturated heterocycles. The van der Waals surface area contributed by atoms with Crippen molar-refractivity contribution in [2.75, 3.05) is 43.1 Å². The molecule has 0 spiro atoms. The summed E-state index contributed by atoms with van der Waals surface area (Å²) in [6, 6.07) is 10.8. The second-order valence-corrected chi connectivity index (χ2v) is 6.55. The van der Waals surface area contributed by atoms with Gasteiger partial charge in [0.1, 0.15) is 12.4 Å². The van der Waals surface area contributed by atoms with Crippen LogP contribution in [0.15, 0.2) is 42.5 Å². The lowest BCUT2D eigenvalue weighted by Crippen LogP contribution is -2.37. The van der Waals surface area contributed by atoms with Crippen molar-refractivity contribution >= 4 is 29.1 Å². The molecular weight excluding hydrogens is 365 g/mol. The lowest BCUT2D eigenvalue weighted by atomic mass is 10.1. The quantitative estimate of drug-likeness (QED) is 0.816. The first-order valence-corrected chi connectivity index (χ1v) is 8.92. The van der Waals surface area contributed by atoms with Crippen LogP contribution < -0.4 is 10.2 Å². The van der Waals surface area contributed by atoms with Crippen LogP contribution in [-0.4, -0.2) is 55.5 Å². The third-order valence-corrected chi connectivity index (χ3v) is 4.78. The van der Waals surface area contributed by atoms with Crippen molar-refractivity contribution < 1.29 is 23.5 Å². The maximum Gasteiger partial charge on any atom is 0.262 e. The number of carbonyl (C=O) groups excluding carboxylic acids is 3. The Kier molecular flexibility index (Phi) is 4.79. The van der Waals surface area contributed by atoms with E-state index in [1.165, 1.54) is 6.07 Å². The highest BCUT2D eigenvalue weighted by molar-refractivity contribution is 6.22. The summed E-state index contributed by atoms with van der Waals surface area (Å²) in [5.41, 5.74) is 1.30. The van der Waals surface area contributed by atoms with Crippen molar-refractivity contribution in [3.05, 3.63) is 59.4 Å². The molecule has 0 atom stereocenters. The molecule has 2 aliphatic heterocycles. The molecule has 0 aromatic heterocycles. The van der Waals surface area contributed by atoms with E-state index in [9.17, 15) is 18.8 Å². The summed E-state index contributed by atoms with van der Waals surface area (Å²) in [5.74, 6) is -2.29. The van der Waals surface area contributed by atoms with Crippen LogP contribution in [0.25, 0.3) is 0 Å². The van der Waals surface area contributed by atoms with Crippen LogP contribution in [0.1, 0.15) is 20.7 Å². The molecule has 0 saturated carbocycles. The highest BCUT2D eigenvalue weighted by Crippen LogP contribution is 2.25. The monoisotopic (exact) mass is 383 g/mol. The van der Waals surface area contributed by atoms with Gasteiger partial charge in [0.25, 0.3) is 11.8 Å². The van der Waals surface area contributed by atoms with E-state index in [0.29, 0.717) is 26.3 Å². The molecule has 7 nitrogen and oxygen atoms in total. The third kappa shape index (κ3) is 3.34. The number of amides is 3. The van der Waals surface area contributed by atoms with Crippen molar-refractivity contribution in [1.82, 2.24) is 4.90 Å². The normalized spacial score (nSPS) is 16.3. The number of benzene rings is 2. The number of halogens is 1. The molecule has 1 N–H and O–H groups in total. The molecule has 0 aliphatic carbocycles. The predicted molar refractivity (Wildman–Crippen MR) is 99.9 cm³/mol. The van der Waals surface area contributed by atoms with E-state index in [-0.39, 0.29) is 16.8 Å². The molecule has 2 aromatic carbocycles. The number of fused-ring (bicyclic) bond motifs is 1. The zero-order valence-corrected chi connectivity index (χ0v) is 15.0. The molecule has 4 rings (SSSR count). The Morgan fingerprint density at radius 3 is 2.32 bits per heavy atom. The van der Waals surface area contributed by atoms with Gasteiger partial charge >= 0.3 is 0 Å². The number of anilines is 2. The van der Waals surface area contributed by atoms with Crippen molar-refractivity contribution in [3.63, 3.8) is 0 Å². The fraction of sp³-hybridized carbons (Fsp3) is 0.250. The molecular formula is C20H18FN3O4. The second-order valence-electron chi connectivity index (χ2n) is 6.55. The van der Waals surface area contributed by atoms with Gasteiger partial charge in [-0.1, -0.05) is 12.1 Å². The minimum Gasteiger partial charge on any atom is -0.378 e. The van der Waals surface area contributed by atoms with Crippen LogP contribution in [0, 0.1) is 5.82 Å². The highest BCUT2D eigenvalue weighted by atomic mass is 19.1. The summed E-state index contributed by atoms with van der Waals surface area (Å²) >= 11 is 0. The van der Waals surface area contributed by atoms with Gasteiger partial charge in [0.05, 0.1) is 30.0 Å². The zero-order valence-electron chi connectivity index (χ0n) is 15.0. The predicted octanol–water partition coefficient (Wildman–Crippen LogP) is 1.90. The molecule has 8 heteroatoms. The number of nitrogens with zero attached hydrogens (tertiary/aromatic N) is 2. The van der Waals surface area contributed by atoms with E-state index in [0.717, 1.165) is 10.6 Å². The number of rotatable bonds is 4. The van der Waals surface area contributed by atoms with Crippen LogP contribution in [0.3, 0.4) is 0 Å². The zero-order chi connectivity index (χ0) is 19.7. The first-order valence-electron chi connectivity index (χ1n) is 8.92. The van der Waals surface area contributed by atoms with Gasteiger partial charge in [-0.3, -0.25) is 19.3 Å². The van der Waals surface area contributed by atoms with E-state index >= 15 is 0 Å². The Bertz CT molecular complexity index is 921. The summed E-state index contributed by atoms with van der Waals surface area (Å²) in [6.45, 7) is 2.04. The smallest absolute Gasteiger partial charge is 0.262 e. The van der Waals surface area contributed by atoms with Crippen LogP contribution in [0.5, 0.6) is 0 Å². The van der Waals surface area contributed by atoms with Crippen molar-refractivity contribution in [2.45, 2.75) is 0 Å². The Morgan fingerprint density at radius 2 is 1.68 bits per heavy atom. The van der Waals surface area contributed by atoms with Crippen LogP contribution in [0.4, 0.5) is 15.8 Å². The maximum atomic E-state index is 14.2. The van der Waals surface area contributed by atoms with Gasteiger partial charge in [-0.2, -0.15) is 0 Å². The first-order chi connectivity index (χ1) is 13.5. The first kappa shape index (κ1) is 18.1. The number of ether oxygens (including phenoxy) is 1. The van der Waals surface area contributed by atoms with E-state index in [1.807, 2.05) is 4.90 Å². The fourth-order valence-corrected chi connectivity index (χ4v) is 3.34. The van der Waals surface area contributed by atoms with E-state index in [2.05, 4.69) is 5.32 Å². The van der Waals surface area contributed by atoms with Gasteiger partial charge in [-0.05, 0) is 30.3 Å². The molecule has 2 heterocycles. The van der Waals surface area contributed by atoms with Gasteiger partial charge in [0.15, 0.2) is 0 Å². The van der Waals surface area contributed by atoms with Crippen molar-refractivity contribution in [3.8, 4) is 0 Å². The molecule has 3 amide bonds. The van der Waals surface area contributed by atoms with Gasteiger partial charge in [0, 0.05) is 18.8 Å². The maximum absolute atomic E-state index is 14.2. The minimum atomic E-state index is -0.646. The number of morpholine rings is 1. The van der Waals surface area contributed by atoms with E-state index in [1.54, 1.807) is 36.4 Å². The topological polar surface area (TPSA) is 79.0 Å². The Balaban J connectivity index is 1.47. The Morgan fingerprint density at radius 1 is 1.04 bits per heavy atom. The molecule has 0 radical (unpaired) electrons. The minimum absolute atomic E-state index is 0.00519. The van der Waals surface area contributed by atoms with Gasteiger partial charge < -0.3 is 15.0 Å². The van der Waals surface area contributed by atoms with Gasteiger partial charge in [-0.25, -0.2) is 4.39 Å². The lowest BCUT2D eigenvalue weighted by Gasteiger charge is -2.29. The largest absolute Gasteiger partial charge is 0.378 e. The molecule has 1 fully saturated rings. The number of hydrogen-bond donors (Lipinski definition) is 1. The summed E-state index contributed by atoms with van der Waals surface area (Å²) in [7, 11) is 0. The van der Waals surface area contributed by atoms with Crippen molar-refractivity contribution in [1.29, 1.82) is 0 Å². The number of nitrogens with one attached hydrogen (secondary N) is 1. The van der Waals surface area contributed by atoms with Crippen molar-refractivity contribution in [2.24, 2.45) is 0 Å².